The highest BCUT2D eigenvalue weighted by Crippen LogP contribution is 2.31. The molecule has 1 atom stereocenters. The zero-order valence-corrected chi connectivity index (χ0v) is 11.5. The van der Waals surface area contributed by atoms with Crippen LogP contribution in [0.2, 0.25) is 0 Å². The highest BCUT2D eigenvalue weighted by molar-refractivity contribution is 5.37. The van der Waals surface area contributed by atoms with E-state index in [1.54, 1.807) is 7.11 Å². The van der Waals surface area contributed by atoms with Gasteiger partial charge in [0, 0.05) is 36.8 Å². The van der Waals surface area contributed by atoms with Crippen LogP contribution in [0.4, 0.5) is 0 Å². The molecule has 0 spiro atoms. The predicted octanol–water partition coefficient (Wildman–Crippen LogP) is 2.70. The van der Waals surface area contributed by atoms with Crippen molar-refractivity contribution in [1.82, 2.24) is 10.3 Å². The standard InChI is InChI=1S/C16H18N2O2/c1-19-16-7-6-12(11-18-16)10-17-14-8-9-20-15-5-3-2-4-13(14)15/h2-7,11,14,17H,8-10H2,1H3. The van der Waals surface area contributed by atoms with Gasteiger partial charge in [-0.3, -0.25) is 0 Å². The van der Waals surface area contributed by atoms with Gasteiger partial charge in [-0.05, 0) is 11.6 Å². The van der Waals surface area contributed by atoms with Crippen LogP contribution in [0.15, 0.2) is 42.6 Å². The van der Waals surface area contributed by atoms with E-state index in [4.69, 9.17) is 9.47 Å². The van der Waals surface area contributed by atoms with Gasteiger partial charge < -0.3 is 14.8 Å². The van der Waals surface area contributed by atoms with Crippen LogP contribution < -0.4 is 14.8 Å². The molecule has 0 radical (unpaired) electrons. The second kappa shape index (κ2) is 5.92. The summed E-state index contributed by atoms with van der Waals surface area (Å²) in [4.78, 5) is 4.22. The fraction of sp³-hybridized carbons (Fsp3) is 0.312. The van der Waals surface area contributed by atoms with E-state index in [-0.39, 0.29) is 0 Å². The van der Waals surface area contributed by atoms with Gasteiger partial charge in [-0.1, -0.05) is 24.3 Å². The third kappa shape index (κ3) is 2.75. The Labute approximate surface area is 118 Å². The number of para-hydroxylation sites is 1. The minimum absolute atomic E-state index is 0.335. The summed E-state index contributed by atoms with van der Waals surface area (Å²) in [6.45, 7) is 1.55. The number of rotatable bonds is 4. The molecule has 20 heavy (non-hydrogen) atoms. The van der Waals surface area contributed by atoms with Gasteiger partial charge in [-0.25, -0.2) is 4.98 Å². The molecule has 0 bridgehead atoms. The van der Waals surface area contributed by atoms with Crippen LogP contribution in [-0.4, -0.2) is 18.7 Å². The zero-order chi connectivity index (χ0) is 13.8. The van der Waals surface area contributed by atoms with Crippen molar-refractivity contribution in [3.63, 3.8) is 0 Å². The third-order valence-corrected chi connectivity index (χ3v) is 3.52. The van der Waals surface area contributed by atoms with Gasteiger partial charge in [0.2, 0.25) is 5.88 Å². The average molecular weight is 270 g/mol. The molecular formula is C16H18N2O2. The second-order valence-corrected chi connectivity index (χ2v) is 4.82. The molecule has 0 fully saturated rings. The number of nitrogens with one attached hydrogen (secondary N) is 1. The SMILES string of the molecule is COc1ccc(CNC2CCOc3ccccc32)cn1. The molecule has 1 aromatic heterocycles. The van der Waals surface area contributed by atoms with Crippen LogP contribution in [0.1, 0.15) is 23.6 Å². The normalized spacial score (nSPS) is 17.1. The van der Waals surface area contributed by atoms with E-state index in [0.717, 1.165) is 30.9 Å². The first-order valence-electron chi connectivity index (χ1n) is 6.81. The van der Waals surface area contributed by atoms with Crippen molar-refractivity contribution >= 4 is 0 Å². The second-order valence-electron chi connectivity index (χ2n) is 4.82. The van der Waals surface area contributed by atoms with Crippen LogP contribution in [0.5, 0.6) is 11.6 Å². The maximum atomic E-state index is 5.67. The van der Waals surface area contributed by atoms with E-state index in [0.29, 0.717) is 11.9 Å². The molecule has 0 saturated heterocycles. The Morgan fingerprint density at radius 3 is 3.00 bits per heavy atom. The van der Waals surface area contributed by atoms with Crippen LogP contribution in [0.3, 0.4) is 0 Å². The molecule has 1 aromatic carbocycles. The number of hydrogen-bond acceptors (Lipinski definition) is 4. The zero-order valence-electron chi connectivity index (χ0n) is 11.5. The number of pyridine rings is 1. The maximum Gasteiger partial charge on any atom is 0.212 e. The minimum Gasteiger partial charge on any atom is -0.493 e. The third-order valence-electron chi connectivity index (χ3n) is 3.52. The molecule has 3 rings (SSSR count). The Kier molecular flexibility index (Phi) is 3.83. The molecule has 1 aliphatic rings. The summed E-state index contributed by atoms with van der Waals surface area (Å²) in [5, 5.41) is 3.57. The smallest absolute Gasteiger partial charge is 0.212 e. The van der Waals surface area contributed by atoms with Crippen molar-refractivity contribution in [3.8, 4) is 11.6 Å². The Hall–Kier alpha value is -2.07. The lowest BCUT2D eigenvalue weighted by molar-refractivity contribution is 0.252. The van der Waals surface area contributed by atoms with Crippen molar-refractivity contribution < 1.29 is 9.47 Å². The van der Waals surface area contributed by atoms with Crippen molar-refractivity contribution in [2.45, 2.75) is 19.0 Å². The Bertz CT molecular complexity index is 569. The first-order chi connectivity index (χ1) is 9.86. The number of ether oxygens (including phenoxy) is 2. The van der Waals surface area contributed by atoms with E-state index in [9.17, 15) is 0 Å². The highest BCUT2D eigenvalue weighted by Gasteiger charge is 2.20. The van der Waals surface area contributed by atoms with Crippen molar-refractivity contribution in [1.29, 1.82) is 0 Å². The summed E-state index contributed by atoms with van der Waals surface area (Å²) in [5.41, 5.74) is 2.38. The minimum atomic E-state index is 0.335. The fourth-order valence-electron chi connectivity index (χ4n) is 2.43. The Morgan fingerprint density at radius 1 is 1.30 bits per heavy atom. The Morgan fingerprint density at radius 2 is 2.20 bits per heavy atom. The van der Waals surface area contributed by atoms with Gasteiger partial charge in [0.1, 0.15) is 5.75 Å². The molecule has 1 unspecified atom stereocenters. The summed E-state index contributed by atoms with van der Waals surface area (Å²) in [7, 11) is 1.62. The predicted molar refractivity (Wildman–Crippen MR) is 76.9 cm³/mol. The summed E-state index contributed by atoms with van der Waals surface area (Å²) in [6, 6.07) is 12.5. The first kappa shape index (κ1) is 12.9. The first-order valence-corrected chi connectivity index (χ1v) is 6.81. The van der Waals surface area contributed by atoms with Crippen molar-refractivity contribution in [2.24, 2.45) is 0 Å². The van der Waals surface area contributed by atoms with Crippen LogP contribution >= 0.6 is 0 Å². The van der Waals surface area contributed by atoms with Crippen molar-refractivity contribution in [2.75, 3.05) is 13.7 Å². The van der Waals surface area contributed by atoms with Crippen LogP contribution in [-0.2, 0) is 6.54 Å². The van der Waals surface area contributed by atoms with E-state index >= 15 is 0 Å². The lowest BCUT2D eigenvalue weighted by atomic mass is 10.0. The van der Waals surface area contributed by atoms with E-state index < -0.39 is 0 Å². The molecule has 1 N–H and O–H groups in total. The molecule has 2 aromatic rings. The number of methoxy groups -OCH3 is 1. The molecule has 0 saturated carbocycles. The number of nitrogens with zero attached hydrogens (tertiary/aromatic N) is 1. The number of benzene rings is 1. The van der Waals surface area contributed by atoms with Crippen molar-refractivity contribution in [3.05, 3.63) is 53.7 Å². The quantitative estimate of drug-likeness (QED) is 0.927. The molecule has 1 aliphatic heterocycles. The van der Waals surface area contributed by atoms with Gasteiger partial charge in [0.15, 0.2) is 0 Å². The number of aromatic nitrogens is 1. The van der Waals surface area contributed by atoms with Gasteiger partial charge in [-0.2, -0.15) is 0 Å². The summed E-state index contributed by atoms with van der Waals surface area (Å²) < 4.78 is 10.7. The molecule has 2 heterocycles. The fourth-order valence-corrected chi connectivity index (χ4v) is 2.43. The molecule has 0 aliphatic carbocycles. The van der Waals surface area contributed by atoms with E-state index in [2.05, 4.69) is 22.4 Å². The average Bonchev–Trinajstić information content (AvgIpc) is 2.53. The summed E-state index contributed by atoms with van der Waals surface area (Å²) >= 11 is 0. The van der Waals surface area contributed by atoms with Crippen LogP contribution in [0, 0.1) is 0 Å². The molecule has 0 amide bonds. The summed E-state index contributed by atoms with van der Waals surface area (Å²) in [5.74, 6) is 1.63. The Balaban J connectivity index is 1.66. The lowest BCUT2D eigenvalue weighted by Crippen LogP contribution is -2.26. The molecule has 4 nitrogen and oxygen atoms in total. The molecular weight excluding hydrogens is 252 g/mol. The van der Waals surface area contributed by atoms with Gasteiger partial charge in [-0.15, -0.1) is 0 Å². The van der Waals surface area contributed by atoms with E-state index in [1.165, 1.54) is 5.56 Å². The van der Waals surface area contributed by atoms with Gasteiger partial charge in [0.05, 0.1) is 13.7 Å². The van der Waals surface area contributed by atoms with Crippen LogP contribution in [0.25, 0.3) is 0 Å². The molecule has 104 valence electrons. The number of fused-ring (bicyclic) bond motifs is 1. The highest BCUT2D eigenvalue weighted by atomic mass is 16.5. The lowest BCUT2D eigenvalue weighted by Gasteiger charge is -2.26. The largest absolute Gasteiger partial charge is 0.493 e. The van der Waals surface area contributed by atoms with Gasteiger partial charge >= 0.3 is 0 Å². The van der Waals surface area contributed by atoms with E-state index in [1.807, 2.05) is 30.5 Å². The van der Waals surface area contributed by atoms with Gasteiger partial charge in [0.25, 0.3) is 0 Å². The maximum absolute atomic E-state index is 5.67. The molecule has 4 heteroatoms. The number of hydrogen-bond donors (Lipinski definition) is 1. The monoisotopic (exact) mass is 270 g/mol. The topological polar surface area (TPSA) is 43.4 Å². The summed E-state index contributed by atoms with van der Waals surface area (Å²) in [6.07, 6.45) is 2.83.